The Bertz CT molecular complexity index is 811. The van der Waals surface area contributed by atoms with Gasteiger partial charge in [-0.25, -0.2) is 9.78 Å². The molecule has 4 rings (SSSR count). The van der Waals surface area contributed by atoms with Gasteiger partial charge >= 0.3 is 6.03 Å². The largest absolute Gasteiger partial charge is 0.378 e. The van der Waals surface area contributed by atoms with Crippen LogP contribution in [0.5, 0.6) is 0 Å². The third-order valence-electron chi connectivity index (χ3n) is 4.43. The van der Waals surface area contributed by atoms with Crippen molar-refractivity contribution in [2.75, 3.05) is 32.8 Å². The Labute approximate surface area is 133 Å². The summed E-state index contributed by atoms with van der Waals surface area (Å²) in [5.74, 6) is 0. The topological polar surface area (TPSA) is 67.2 Å². The van der Waals surface area contributed by atoms with Gasteiger partial charge in [0.05, 0.1) is 31.0 Å². The molecule has 0 spiro atoms. The number of fused-ring (bicyclic) bond motifs is 2. The van der Waals surface area contributed by atoms with Crippen LogP contribution in [0, 0.1) is 0 Å². The van der Waals surface area contributed by atoms with E-state index in [0.29, 0.717) is 57.0 Å². The van der Waals surface area contributed by atoms with Gasteiger partial charge in [0, 0.05) is 32.3 Å². The summed E-state index contributed by atoms with van der Waals surface area (Å²) >= 11 is 0. The van der Waals surface area contributed by atoms with Crippen LogP contribution in [0.3, 0.4) is 0 Å². The fraction of sp³-hybridized carbons (Fsp3) is 0.438. The van der Waals surface area contributed by atoms with Crippen LogP contribution in [0.4, 0.5) is 4.79 Å². The van der Waals surface area contributed by atoms with Gasteiger partial charge in [0.15, 0.2) is 0 Å². The van der Waals surface area contributed by atoms with Crippen molar-refractivity contribution in [2.24, 2.45) is 0 Å². The van der Waals surface area contributed by atoms with Gasteiger partial charge in [-0.3, -0.25) is 9.20 Å². The summed E-state index contributed by atoms with van der Waals surface area (Å²) in [5.41, 5.74) is 2.02. The van der Waals surface area contributed by atoms with Gasteiger partial charge in [0.2, 0.25) is 0 Å². The van der Waals surface area contributed by atoms with Gasteiger partial charge in [0.1, 0.15) is 5.65 Å². The molecular formula is C16H18N4O3. The SMILES string of the molecule is O=C(N1CCOCC1)N1CCc2nc3ccccn3c(=O)c2C1. The number of pyridine rings is 1. The van der Waals surface area contributed by atoms with Crippen molar-refractivity contribution in [1.82, 2.24) is 19.2 Å². The third-order valence-corrected chi connectivity index (χ3v) is 4.43. The molecular weight excluding hydrogens is 296 g/mol. The molecule has 0 atom stereocenters. The van der Waals surface area contributed by atoms with Gasteiger partial charge in [-0.15, -0.1) is 0 Å². The highest BCUT2D eigenvalue weighted by Crippen LogP contribution is 2.17. The minimum absolute atomic E-state index is 0.0171. The quantitative estimate of drug-likeness (QED) is 0.710. The summed E-state index contributed by atoms with van der Waals surface area (Å²) in [5, 5.41) is 0. The van der Waals surface area contributed by atoms with Crippen LogP contribution in [0.1, 0.15) is 11.3 Å². The van der Waals surface area contributed by atoms with E-state index < -0.39 is 0 Å². The Kier molecular flexibility index (Phi) is 3.49. The maximum atomic E-state index is 12.7. The molecule has 4 heterocycles. The predicted molar refractivity (Wildman–Crippen MR) is 83.4 cm³/mol. The molecule has 2 amide bonds. The molecule has 0 bridgehead atoms. The van der Waals surface area contributed by atoms with Crippen molar-refractivity contribution in [3.63, 3.8) is 0 Å². The van der Waals surface area contributed by atoms with E-state index in [2.05, 4.69) is 4.98 Å². The Hall–Kier alpha value is -2.41. The standard InChI is InChI=1S/C16H18N4O3/c21-15-12-11-19(16(22)18-7-9-23-10-8-18)6-4-13(12)17-14-3-1-2-5-20(14)15/h1-3,5H,4,6-11H2. The van der Waals surface area contributed by atoms with Crippen LogP contribution in [-0.2, 0) is 17.7 Å². The van der Waals surface area contributed by atoms with Crippen LogP contribution in [0.25, 0.3) is 5.65 Å². The first-order chi connectivity index (χ1) is 11.2. The van der Waals surface area contributed by atoms with E-state index in [9.17, 15) is 9.59 Å². The van der Waals surface area contributed by atoms with Crippen LogP contribution in [-0.4, -0.2) is 58.1 Å². The molecule has 1 fully saturated rings. The van der Waals surface area contributed by atoms with E-state index in [1.807, 2.05) is 18.2 Å². The smallest absolute Gasteiger partial charge is 0.320 e. The number of carbonyl (C=O) groups excluding carboxylic acids is 1. The number of urea groups is 1. The lowest BCUT2D eigenvalue weighted by molar-refractivity contribution is 0.0420. The summed E-state index contributed by atoms with van der Waals surface area (Å²) in [7, 11) is 0. The molecule has 0 aromatic carbocycles. The summed E-state index contributed by atoms with van der Waals surface area (Å²) in [6.07, 6.45) is 2.33. The molecule has 7 heteroatoms. The lowest BCUT2D eigenvalue weighted by atomic mass is 10.1. The van der Waals surface area contributed by atoms with E-state index in [0.717, 1.165) is 5.69 Å². The minimum Gasteiger partial charge on any atom is -0.378 e. The van der Waals surface area contributed by atoms with E-state index in [4.69, 9.17) is 4.74 Å². The zero-order chi connectivity index (χ0) is 15.8. The average Bonchev–Trinajstić information content (AvgIpc) is 2.62. The van der Waals surface area contributed by atoms with Crippen LogP contribution in [0.15, 0.2) is 29.2 Å². The third kappa shape index (κ3) is 2.46. The number of carbonyl (C=O) groups is 1. The number of morpholine rings is 1. The zero-order valence-electron chi connectivity index (χ0n) is 12.8. The molecule has 23 heavy (non-hydrogen) atoms. The minimum atomic E-state index is -0.0786. The highest BCUT2D eigenvalue weighted by Gasteiger charge is 2.28. The zero-order valence-corrected chi connectivity index (χ0v) is 12.8. The Morgan fingerprint density at radius 2 is 1.96 bits per heavy atom. The van der Waals surface area contributed by atoms with Gasteiger partial charge in [-0.05, 0) is 12.1 Å². The van der Waals surface area contributed by atoms with Gasteiger partial charge < -0.3 is 14.5 Å². The number of nitrogens with zero attached hydrogens (tertiary/aromatic N) is 4. The molecule has 7 nitrogen and oxygen atoms in total. The van der Waals surface area contributed by atoms with E-state index in [1.54, 1.807) is 20.4 Å². The first kappa shape index (κ1) is 14.2. The second kappa shape index (κ2) is 5.66. The fourth-order valence-corrected chi connectivity index (χ4v) is 3.17. The van der Waals surface area contributed by atoms with Crippen molar-refractivity contribution in [1.29, 1.82) is 0 Å². The first-order valence-corrected chi connectivity index (χ1v) is 7.85. The molecule has 2 aromatic rings. The second-order valence-corrected chi connectivity index (χ2v) is 5.82. The number of ether oxygens (including phenoxy) is 1. The molecule has 2 aliphatic heterocycles. The van der Waals surface area contributed by atoms with Gasteiger partial charge in [-0.1, -0.05) is 6.07 Å². The molecule has 1 saturated heterocycles. The first-order valence-electron chi connectivity index (χ1n) is 7.85. The number of hydrogen-bond acceptors (Lipinski definition) is 4. The van der Waals surface area contributed by atoms with Crippen molar-refractivity contribution < 1.29 is 9.53 Å². The second-order valence-electron chi connectivity index (χ2n) is 5.82. The van der Waals surface area contributed by atoms with Crippen LogP contribution >= 0.6 is 0 Å². The number of aromatic nitrogens is 2. The molecule has 0 unspecified atom stereocenters. The summed E-state index contributed by atoms with van der Waals surface area (Å²) in [6, 6.07) is 5.48. The van der Waals surface area contributed by atoms with Gasteiger partial charge in [-0.2, -0.15) is 0 Å². The molecule has 0 N–H and O–H groups in total. The van der Waals surface area contributed by atoms with Crippen molar-refractivity contribution >= 4 is 11.7 Å². The highest BCUT2D eigenvalue weighted by molar-refractivity contribution is 5.75. The Morgan fingerprint density at radius 1 is 1.13 bits per heavy atom. The Balaban J connectivity index is 1.65. The maximum Gasteiger partial charge on any atom is 0.320 e. The number of hydrogen-bond donors (Lipinski definition) is 0. The van der Waals surface area contributed by atoms with E-state index >= 15 is 0 Å². The summed E-state index contributed by atoms with van der Waals surface area (Å²) < 4.78 is 6.83. The Morgan fingerprint density at radius 3 is 2.78 bits per heavy atom. The van der Waals surface area contributed by atoms with E-state index in [1.165, 1.54) is 0 Å². The van der Waals surface area contributed by atoms with Crippen molar-refractivity contribution in [3.05, 3.63) is 46.0 Å². The number of amides is 2. The fourth-order valence-electron chi connectivity index (χ4n) is 3.17. The normalized spacial score (nSPS) is 18.1. The van der Waals surface area contributed by atoms with Crippen LogP contribution < -0.4 is 5.56 Å². The lowest BCUT2D eigenvalue weighted by Crippen LogP contribution is -2.50. The predicted octanol–water partition coefficient (Wildman–Crippen LogP) is 0.505. The average molecular weight is 314 g/mol. The molecule has 120 valence electrons. The molecule has 2 aromatic heterocycles. The highest BCUT2D eigenvalue weighted by atomic mass is 16.5. The summed E-state index contributed by atoms with van der Waals surface area (Å²) in [6.45, 7) is 3.29. The van der Waals surface area contributed by atoms with Gasteiger partial charge in [0.25, 0.3) is 5.56 Å². The van der Waals surface area contributed by atoms with Crippen LogP contribution in [0.2, 0.25) is 0 Å². The monoisotopic (exact) mass is 314 g/mol. The van der Waals surface area contributed by atoms with Crippen molar-refractivity contribution in [2.45, 2.75) is 13.0 Å². The maximum absolute atomic E-state index is 12.7. The molecule has 0 radical (unpaired) electrons. The molecule has 2 aliphatic rings. The van der Waals surface area contributed by atoms with Crippen molar-refractivity contribution in [3.8, 4) is 0 Å². The lowest BCUT2D eigenvalue weighted by Gasteiger charge is -2.35. The summed E-state index contributed by atoms with van der Waals surface area (Å²) in [4.78, 5) is 33.4. The molecule has 0 aliphatic carbocycles. The van der Waals surface area contributed by atoms with E-state index in [-0.39, 0.29) is 11.6 Å². The molecule has 0 saturated carbocycles. The number of rotatable bonds is 0.